The maximum atomic E-state index is 9.24. The summed E-state index contributed by atoms with van der Waals surface area (Å²) in [5, 5.41) is 11.3. The zero-order valence-corrected chi connectivity index (χ0v) is 8.47. The molecule has 0 radical (unpaired) electrons. The van der Waals surface area contributed by atoms with Gasteiger partial charge in [0.05, 0.1) is 7.11 Å². The Morgan fingerprint density at radius 1 is 1.13 bits per heavy atom. The summed E-state index contributed by atoms with van der Waals surface area (Å²) < 4.78 is 5.13. The van der Waals surface area contributed by atoms with Crippen LogP contribution in [0.15, 0.2) is 36.4 Å². The molecule has 2 rings (SSSR count). The minimum absolute atomic E-state index is 0.715. The number of rotatable bonds is 2. The van der Waals surface area contributed by atoms with Crippen LogP contribution in [0.4, 0.5) is 0 Å². The highest BCUT2D eigenvalue weighted by Gasteiger charge is 2.02. The van der Waals surface area contributed by atoms with Crippen molar-refractivity contribution in [1.29, 1.82) is 0 Å². The largest absolute Gasteiger partial charge is 0.497 e. The Kier molecular flexibility index (Phi) is 2.58. The highest BCUT2D eigenvalue weighted by atomic mass is 16.5. The SMILES string of the molecule is COc1ccc2cc(C(N)O)ccc2c1. The maximum Gasteiger partial charge on any atom is 0.128 e. The Morgan fingerprint density at radius 2 is 1.80 bits per heavy atom. The van der Waals surface area contributed by atoms with Crippen LogP contribution in [0.25, 0.3) is 10.8 Å². The summed E-state index contributed by atoms with van der Waals surface area (Å²) in [5.41, 5.74) is 6.11. The van der Waals surface area contributed by atoms with E-state index in [1.807, 2.05) is 36.4 Å². The lowest BCUT2D eigenvalue weighted by atomic mass is 10.1. The van der Waals surface area contributed by atoms with Gasteiger partial charge in [-0.1, -0.05) is 18.2 Å². The molecule has 0 aliphatic rings. The van der Waals surface area contributed by atoms with Gasteiger partial charge in [0, 0.05) is 0 Å². The van der Waals surface area contributed by atoms with Gasteiger partial charge in [0.25, 0.3) is 0 Å². The smallest absolute Gasteiger partial charge is 0.128 e. The monoisotopic (exact) mass is 203 g/mol. The van der Waals surface area contributed by atoms with Gasteiger partial charge < -0.3 is 15.6 Å². The van der Waals surface area contributed by atoms with E-state index in [0.717, 1.165) is 16.5 Å². The first-order valence-electron chi connectivity index (χ1n) is 4.72. The third-order valence-electron chi connectivity index (χ3n) is 2.41. The van der Waals surface area contributed by atoms with Crippen molar-refractivity contribution in [2.45, 2.75) is 6.23 Å². The second kappa shape index (κ2) is 3.88. The molecular weight excluding hydrogens is 190 g/mol. The predicted octanol–water partition coefficient (Wildman–Crippen LogP) is 1.80. The molecule has 3 nitrogen and oxygen atoms in total. The summed E-state index contributed by atoms with van der Waals surface area (Å²) >= 11 is 0. The van der Waals surface area contributed by atoms with Crippen LogP contribution in [-0.4, -0.2) is 12.2 Å². The first-order chi connectivity index (χ1) is 7.20. The molecule has 0 aromatic heterocycles. The number of aliphatic hydroxyl groups excluding tert-OH is 1. The van der Waals surface area contributed by atoms with Crippen LogP contribution in [0.1, 0.15) is 11.8 Å². The first-order valence-corrected chi connectivity index (χ1v) is 4.72. The zero-order valence-electron chi connectivity index (χ0n) is 8.47. The van der Waals surface area contributed by atoms with E-state index in [1.54, 1.807) is 7.11 Å². The van der Waals surface area contributed by atoms with Gasteiger partial charge in [0.2, 0.25) is 0 Å². The molecule has 0 saturated carbocycles. The van der Waals surface area contributed by atoms with Gasteiger partial charge in [-0.3, -0.25) is 0 Å². The van der Waals surface area contributed by atoms with Gasteiger partial charge in [-0.15, -0.1) is 0 Å². The fourth-order valence-corrected chi connectivity index (χ4v) is 1.55. The highest BCUT2D eigenvalue weighted by molar-refractivity contribution is 5.84. The number of hydrogen-bond donors (Lipinski definition) is 2. The summed E-state index contributed by atoms with van der Waals surface area (Å²) in [5.74, 6) is 0.823. The van der Waals surface area contributed by atoms with Gasteiger partial charge in [-0.05, 0) is 34.5 Å². The third kappa shape index (κ3) is 1.93. The van der Waals surface area contributed by atoms with Crippen molar-refractivity contribution in [3.63, 3.8) is 0 Å². The van der Waals surface area contributed by atoms with Gasteiger partial charge in [-0.2, -0.15) is 0 Å². The van der Waals surface area contributed by atoms with Crippen LogP contribution in [0.5, 0.6) is 5.75 Å². The Balaban J connectivity index is 2.55. The topological polar surface area (TPSA) is 55.5 Å². The van der Waals surface area contributed by atoms with E-state index in [9.17, 15) is 5.11 Å². The van der Waals surface area contributed by atoms with Gasteiger partial charge in [-0.25, -0.2) is 0 Å². The van der Waals surface area contributed by atoms with Crippen molar-refractivity contribution >= 4 is 10.8 Å². The molecule has 1 atom stereocenters. The molecule has 3 N–H and O–H groups in total. The maximum absolute atomic E-state index is 9.24. The predicted molar refractivity (Wildman–Crippen MR) is 59.6 cm³/mol. The highest BCUT2D eigenvalue weighted by Crippen LogP contribution is 2.23. The number of hydrogen-bond acceptors (Lipinski definition) is 3. The summed E-state index contributed by atoms with van der Waals surface area (Å²) in [6.07, 6.45) is -0.920. The minimum Gasteiger partial charge on any atom is -0.497 e. The number of benzene rings is 2. The molecule has 2 aromatic rings. The van der Waals surface area contributed by atoms with Crippen molar-refractivity contribution in [2.24, 2.45) is 5.73 Å². The molecule has 0 saturated heterocycles. The molecule has 0 amide bonds. The fourth-order valence-electron chi connectivity index (χ4n) is 1.55. The number of ether oxygens (including phenoxy) is 1. The average Bonchev–Trinajstić information content (AvgIpc) is 2.27. The normalized spacial score (nSPS) is 12.7. The second-order valence-electron chi connectivity index (χ2n) is 3.42. The van der Waals surface area contributed by atoms with Gasteiger partial charge in [0.15, 0.2) is 0 Å². The third-order valence-corrected chi connectivity index (χ3v) is 2.41. The molecule has 0 aliphatic heterocycles. The standard InChI is InChI=1S/C12H13NO2/c1-15-11-5-4-8-6-10(12(13)14)3-2-9(8)7-11/h2-7,12,14H,13H2,1H3. The molecule has 0 bridgehead atoms. The molecule has 0 fully saturated rings. The summed E-state index contributed by atoms with van der Waals surface area (Å²) in [7, 11) is 1.64. The Labute approximate surface area is 88.1 Å². The molecule has 0 heterocycles. The number of methoxy groups -OCH3 is 1. The first kappa shape index (κ1) is 9.96. The lowest BCUT2D eigenvalue weighted by Crippen LogP contribution is -2.07. The van der Waals surface area contributed by atoms with Crippen LogP contribution in [0, 0.1) is 0 Å². The summed E-state index contributed by atoms with van der Waals surface area (Å²) in [6, 6.07) is 11.4. The molecule has 1 unspecified atom stereocenters. The van der Waals surface area contributed by atoms with E-state index in [1.165, 1.54) is 0 Å². The molecule has 0 spiro atoms. The number of aliphatic hydroxyl groups is 1. The molecule has 0 aliphatic carbocycles. The van der Waals surface area contributed by atoms with E-state index in [0.29, 0.717) is 5.56 Å². The van der Waals surface area contributed by atoms with E-state index in [4.69, 9.17) is 10.5 Å². The number of fused-ring (bicyclic) bond motifs is 1. The van der Waals surface area contributed by atoms with Crippen LogP contribution in [-0.2, 0) is 0 Å². The lowest BCUT2D eigenvalue weighted by Gasteiger charge is -2.07. The molecule has 78 valence electrons. The van der Waals surface area contributed by atoms with E-state index < -0.39 is 6.23 Å². The molecule has 2 aromatic carbocycles. The summed E-state index contributed by atoms with van der Waals surface area (Å²) in [4.78, 5) is 0. The van der Waals surface area contributed by atoms with E-state index >= 15 is 0 Å². The molecular formula is C12H13NO2. The number of nitrogens with two attached hydrogens (primary N) is 1. The quantitative estimate of drug-likeness (QED) is 0.732. The van der Waals surface area contributed by atoms with Crippen LogP contribution < -0.4 is 10.5 Å². The fraction of sp³-hybridized carbons (Fsp3) is 0.167. The zero-order chi connectivity index (χ0) is 10.8. The van der Waals surface area contributed by atoms with Crippen LogP contribution in [0.2, 0.25) is 0 Å². The van der Waals surface area contributed by atoms with Crippen LogP contribution in [0.3, 0.4) is 0 Å². The lowest BCUT2D eigenvalue weighted by molar-refractivity contribution is 0.186. The van der Waals surface area contributed by atoms with E-state index in [-0.39, 0.29) is 0 Å². The Morgan fingerprint density at radius 3 is 2.47 bits per heavy atom. The van der Waals surface area contributed by atoms with Crippen LogP contribution >= 0.6 is 0 Å². The van der Waals surface area contributed by atoms with Gasteiger partial charge in [0.1, 0.15) is 12.0 Å². The van der Waals surface area contributed by atoms with Crippen molar-refractivity contribution in [3.8, 4) is 5.75 Å². The van der Waals surface area contributed by atoms with Crippen molar-refractivity contribution in [2.75, 3.05) is 7.11 Å². The van der Waals surface area contributed by atoms with Crippen molar-refractivity contribution in [3.05, 3.63) is 42.0 Å². The average molecular weight is 203 g/mol. The second-order valence-corrected chi connectivity index (χ2v) is 3.42. The summed E-state index contributed by atoms with van der Waals surface area (Å²) in [6.45, 7) is 0. The van der Waals surface area contributed by atoms with Crippen molar-refractivity contribution < 1.29 is 9.84 Å². The van der Waals surface area contributed by atoms with E-state index in [2.05, 4.69) is 0 Å². The molecule has 3 heteroatoms. The molecule has 15 heavy (non-hydrogen) atoms. The minimum atomic E-state index is -0.920. The Hall–Kier alpha value is -1.58. The Bertz CT molecular complexity index is 480. The van der Waals surface area contributed by atoms with Crippen molar-refractivity contribution in [1.82, 2.24) is 0 Å². The van der Waals surface area contributed by atoms with Gasteiger partial charge >= 0.3 is 0 Å².